The molecule has 2 aromatic rings. The van der Waals surface area contributed by atoms with Crippen LogP contribution in [0.4, 0.5) is 0 Å². The third kappa shape index (κ3) is 1.47. The van der Waals surface area contributed by atoms with Gasteiger partial charge in [0.25, 0.3) is 0 Å². The number of hydrogen-bond acceptors (Lipinski definition) is 4. The van der Waals surface area contributed by atoms with Crippen molar-refractivity contribution in [2.24, 2.45) is 0 Å². The number of hydrogen-bond donors (Lipinski definition) is 0. The summed E-state index contributed by atoms with van der Waals surface area (Å²) in [5.74, 6) is -0.470. The van der Waals surface area contributed by atoms with E-state index in [-0.39, 0.29) is 5.69 Å². The molecular weight excluding hydrogens is 222 g/mol. The zero-order valence-corrected chi connectivity index (χ0v) is 8.85. The zero-order chi connectivity index (χ0) is 10.1. The Labute approximate surface area is 89.3 Å². The third-order valence-corrected chi connectivity index (χ3v) is 2.90. The monoisotopic (exact) mass is 227 g/mol. The zero-order valence-electron chi connectivity index (χ0n) is 7.28. The number of halogens is 1. The summed E-state index contributed by atoms with van der Waals surface area (Å²) < 4.78 is 4.56. The van der Waals surface area contributed by atoms with Crippen molar-refractivity contribution in [2.45, 2.75) is 0 Å². The van der Waals surface area contributed by atoms with Gasteiger partial charge in [-0.3, -0.25) is 0 Å². The number of nitrogens with zero attached hydrogens (tertiary/aromatic N) is 1. The molecule has 0 bridgehead atoms. The lowest BCUT2D eigenvalue weighted by atomic mass is 10.3. The molecule has 0 unspecified atom stereocenters. The van der Waals surface area contributed by atoms with Crippen molar-refractivity contribution in [3.63, 3.8) is 0 Å². The maximum atomic E-state index is 11.2. The van der Waals surface area contributed by atoms with Crippen molar-refractivity contribution >= 4 is 39.1 Å². The molecule has 5 heteroatoms. The molecule has 0 amide bonds. The number of carbonyl (C=O) groups excluding carboxylic acids is 1. The minimum atomic E-state index is -0.470. The molecule has 0 saturated heterocycles. The van der Waals surface area contributed by atoms with Crippen LogP contribution in [-0.4, -0.2) is 18.1 Å². The van der Waals surface area contributed by atoms with Gasteiger partial charge in [-0.05, 0) is 17.5 Å². The average molecular weight is 228 g/mol. The summed E-state index contributed by atoms with van der Waals surface area (Å²) >= 11 is 7.40. The summed E-state index contributed by atoms with van der Waals surface area (Å²) in [7, 11) is 1.32. The summed E-state index contributed by atoms with van der Waals surface area (Å²) in [6, 6.07) is 3.39. The van der Waals surface area contributed by atoms with Crippen LogP contribution in [-0.2, 0) is 4.74 Å². The highest BCUT2D eigenvalue weighted by atomic mass is 35.5. The van der Waals surface area contributed by atoms with Crippen molar-refractivity contribution < 1.29 is 9.53 Å². The van der Waals surface area contributed by atoms with Crippen LogP contribution in [0.1, 0.15) is 10.5 Å². The molecule has 0 radical (unpaired) electrons. The lowest BCUT2D eigenvalue weighted by Crippen LogP contribution is -2.03. The van der Waals surface area contributed by atoms with Crippen LogP contribution in [0.2, 0.25) is 5.02 Å². The first-order valence-corrected chi connectivity index (χ1v) is 5.10. The number of methoxy groups -OCH3 is 1. The molecule has 0 spiro atoms. The first-order chi connectivity index (χ1) is 6.72. The molecule has 14 heavy (non-hydrogen) atoms. The van der Waals surface area contributed by atoms with Crippen LogP contribution in [0.25, 0.3) is 10.2 Å². The third-order valence-electron chi connectivity index (χ3n) is 1.78. The van der Waals surface area contributed by atoms with Crippen molar-refractivity contribution in [1.29, 1.82) is 0 Å². The van der Waals surface area contributed by atoms with E-state index in [4.69, 9.17) is 11.6 Å². The lowest BCUT2D eigenvalue weighted by Gasteiger charge is -1.99. The smallest absolute Gasteiger partial charge is 0.356 e. The van der Waals surface area contributed by atoms with Gasteiger partial charge >= 0.3 is 5.97 Å². The first kappa shape index (κ1) is 9.43. The van der Waals surface area contributed by atoms with Gasteiger partial charge in [0.2, 0.25) is 0 Å². The van der Waals surface area contributed by atoms with E-state index < -0.39 is 5.97 Å². The van der Waals surface area contributed by atoms with Crippen molar-refractivity contribution in [2.75, 3.05) is 7.11 Å². The molecule has 0 fully saturated rings. The molecule has 0 aliphatic rings. The molecule has 0 saturated carbocycles. The Bertz CT molecular complexity index is 495. The molecule has 2 heterocycles. The van der Waals surface area contributed by atoms with Crippen LogP contribution in [0.5, 0.6) is 0 Å². The van der Waals surface area contributed by atoms with Crippen LogP contribution in [0.3, 0.4) is 0 Å². The number of aromatic nitrogens is 1. The fraction of sp³-hybridized carbons (Fsp3) is 0.111. The molecular formula is C9H6ClNO2S. The van der Waals surface area contributed by atoms with E-state index in [0.717, 1.165) is 10.2 Å². The van der Waals surface area contributed by atoms with Crippen LogP contribution in [0.15, 0.2) is 17.5 Å². The normalized spacial score (nSPS) is 10.4. The van der Waals surface area contributed by atoms with Crippen LogP contribution >= 0.6 is 22.9 Å². The minimum Gasteiger partial charge on any atom is -0.464 e. The van der Waals surface area contributed by atoms with Gasteiger partial charge in [-0.15, -0.1) is 11.3 Å². The van der Waals surface area contributed by atoms with E-state index in [1.165, 1.54) is 24.5 Å². The number of thiophene rings is 1. The summed E-state index contributed by atoms with van der Waals surface area (Å²) in [5.41, 5.74) is 0.243. The van der Waals surface area contributed by atoms with Gasteiger partial charge in [-0.25, -0.2) is 9.78 Å². The Kier molecular flexibility index (Phi) is 2.39. The molecule has 72 valence electrons. The second-order valence-corrected chi connectivity index (χ2v) is 3.92. The van der Waals surface area contributed by atoms with Crippen LogP contribution in [0, 0.1) is 0 Å². The van der Waals surface area contributed by atoms with Gasteiger partial charge < -0.3 is 4.74 Å². The Morgan fingerprint density at radius 1 is 1.64 bits per heavy atom. The van der Waals surface area contributed by atoms with Gasteiger partial charge in [0.1, 0.15) is 4.83 Å². The number of fused-ring (bicyclic) bond motifs is 1. The highest BCUT2D eigenvalue weighted by Crippen LogP contribution is 2.27. The molecule has 0 atom stereocenters. The van der Waals surface area contributed by atoms with Crippen molar-refractivity contribution in [3.05, 3.63) is 28.2 Å². The average Bonchev–Trinajstić information content (AvgIpc) is 2.64. The van der Waals surface area contributed by atoms with E-state index in [0.29, 0.717) is 5.02 Å². The Morgan fingerprint density at radius 2 is 2.43 bits per heavy atom. The van der Waals surface area contributed by atoms with Gasteiger partial charge in [-0.2, -0.15) is 0 Å². The van der Waals surface area contributed by atoms with Gasteiger partial charge in [0.15, 0.2) is 5.69 Å². The summed E-state index contributed by atoms with van der Waals surface area (Å²) in [5, 5.41) is 3.27. The Morgan fingerprint density at radius 3 is 3.14 bits per heavy atom. The number of rotatable bonds is 1. The first-order valence-electron chi connectivity index (χ1n) is 3.84. The van der Waals surface area contributed by atoms with Gasteiger partial charge in [-0.1, -0.05) is 11.6 Å². The number of ether oxygens (including phenoxy) is 1. The van der Waals surface area contributed by atoms with Gasteiger partial charge in [0, 0.05) is 5.39 Å². The standard InChI is InChI=1S/C9H6ClNO2S/c1-13-9(12)7-4-6(10)5-2-3-14-8(5)11-7/h2-4H,1H3. The summed E-state index contributed by atoms with van der Waals surface area (Å²) in [6.45, 7) is 0. The van der Waals surface area contributed by atoms with Crippen LogP contribution < -0.4 is 0 Å². The molecule has 0 aliphatic heterocycles. The predicted molar refractivity (Wildman–Crippen MR) is 56.0 cm³/mol. The van der Waals surface area contributed by atoms with E-state index in [2.05, 4.69) is 9.72 Å². The molecule has 2 rings (SSSR count). The number of esters is 1. The second kappa shape index (κ2) is 3.55. The topological polar surface area (TPSA) is 39.2 Å². The highest BCUT2D eigenvalue weighted by molar-refractivity contribution is 7.16. The summed E-state index contributed by atoms with van der Waals surface area (Å²) in [6.07, 6.45) is 0. The van der Waals surface area contributed by atoms with E-state index in [1.54, 1.807) is 0 Å². The maximum absolute atomic E-state index is 11.2. The number of pyridine rings is 1. The van der Waals surface area contributed by atoms with Crippen molar-refractivity contribution in [1.82, 2.24) is 4.98 Å². The lowest BCUT2D eigenvalue weighted by molar-refractivity contribution is 0.0594. The van der Waals surface area contributed by atoms with Crippen molar-refractivity contribution in [3.8, 4) is 0 Å². The second-order valence-electron chi connectivity index (χ2n) is 2.62. The highest BCUT2D eigenvalue weighted by Gasteiger charge is 2.11. The van der Waals surface area contributed by atoms with E-state index in [1.807, 2.05) is 11.4 Å². The Hall–Kier alpha value is -1.13. The predicted octanol–water partition coefficient (Wildman–Crippen LogP) is 2.74. The maximum Gasteiger partial charge on any atom is 0.356 e. The minimum absolute atomic E-state index is 0.243. The molecule has 0 aromatic carbocycles. The Balaban J connectivity index is 2.64. The molecule has 0 N–H and O–H groups in total. The fourth-order valence-corrected chi connectivity index (χ4v) is 2.22. The molecule has 2 aromatic heterocycles. The summed E-state index contributed by atoms with van der Waals surface area (Å²) in [4.78, 5) is 16.1. The van der Waals surface area contributed by atoms with Gasteiger partial charge in [0.05, 0.1) is 12.1 Å². The van der Waals surface area contributed by atoms with E-state index >= 15 is 0 Å². The quantitative estimate of drug-likeness (QED) is 0.704. The molecule has 0 aliphatic carbocycles. The fourth-order valence-electron chi connectivity index (χ4n) is 1.12. The largest absolute Gasteiger partial charge is 0.464 e. The SMILES string of the molecule is COC(=O)c1cc(Cl)c2ccsc2n1. The number of carbonyl (C=O) groups is 1. The van der Waals surface area contributed by atoms with E-state index in [9.17, 15) is 4.79 Å². The molecule has 3 nitrogen and oxygen atoms in total.